The predicted molar refractivity (Wildman–Crippen MR) is 126 cm³/mol. The summed E-state index contributed by atoms with van der Waals surface area (Å²) in [6.07, 6.45) is 0. The molecule has 2 nitrogen and oxygen atoms in total. The Kier molecular flexibility index (Phi) is 5.11. The van der Waals surface area contributed by atoms with Crippen LogP contribution in [0.15, 0.2) is 84.9 Å². The molecule has 0 saturated carbocycles. The molecule has 3 heteroatoms. The summed E-state index contributed by atoms with van der Waals surface area (Å²) in [4.78, 5) is 0. The maximum absolute atomic E-state index is 4.99. The van der Waals surface area contributed by atoms with Gasteiger partial charge in [-0.3, -0.25) is 0 Å². The van der Waals surface area contributed by atoms with Crippen LogP contribution < -0.4 is 0 Å². The van der Waals surface area contributed by atoms with Crippen LogP contribution in [0.5, 0.6) is 0 Å². The van der Waals surface area contributed by atoms with Crippen molar-refractivity contribution in [1.82, 2.24) is 9.78 Å². The van der Waals surface area contributed by atoms with E-state index >= 15 is 0 Å². The molecule has 0 amide bonds. The zero-order valence-electron chi connectivity index (χ0n) is 16.4. The van der Waals surface area contributed by atoms with Crippen LogP contribution in [0.25, 0.3) is 28.2 Å². The molecular formula is C25H23IN2. The number of nitrogens with zero attached hydrogens (tertiary/aromatic N) is 2. The van der Waals surface area contributed by atoms with Gasteiger partial charge in [-0.15, -0.1) is 0 Å². The van der Waals surface area contributed by atoms with Crippen molar-refractivity contribution in [3.05, 3.63) is 94.1 Å². The van der Waals surface area contributed by atoms with Gasteiger partial charge in [-0.05, 0) is 51.8 Å². The molecule has 0 aliphatic carbocycles. The van der Waals surface area contributed by atoms with Gasteiger partial charge in [-0.2, -0.15) is 5.10 Å². The zero-order chi connectivity index (χ0) is 19.7. The van der Waals surface area contributed by atoms with E-state index in [1.165, 1.54) is 9.13 Å². The smallest absolute Gasteiger partial charge is 0.0934 e. The normalized spacial score (nSPS) is 11.6. The van der Waals surface area contributed by atoms with Crippen LogP contribution in [0, 0.1) is 3.57 Å². The number of hydrogen-bond acceptors (Lipinski definition) is 1. The Morgan fingerprint density at radius 2 is 1.36 bits per heavy atom. The van der Waals surface area contributed by atoms with Crippen molar-refractivity contribution >= 4 is 22.6 Å². The van der Waals surface area contributed by atoms with Crippen molar-refractivity contribution in [2.24, 2.45) is 0 Å². The van der Waals surface area contributed by atoms with Crippen LogP contribution in [-0.2, 0) is 5.41 Å². The predicted octanol–water partition coefficient (Wildman–Crippen LogP) is 7.11. The van der Waals surface area contributed by atoms with Gasteiger partial charge in [0.15, 0.2) is 0 Å². The zero-order valence-corrected chi connectivity index (χ0v) is 18.5. The second-order valence-corrected chi connectivity index (χ2v) is 9.14. The largest absolute Gasteiger partial charge is 0.231 e. The highest BCUT2D eigenvalue weighted by atomic mass is 127. The van der Waals surface area contributed by atoms with Crippen LogP contribution in [0.2, 0.25) is 0 Å². The molecule has 0 fully saturated rings. The quantitative estimate of drug-likeness (QED) is 0.287. The Balaban J connectivity index is 1.90. The van der Waals surface area contributed by atoms with Crippen LogP contribution in [0.4, 0.5) is 0 Å². The van der Waals surface area contributed by atoms with E-state index < -0.39 is 0 Å². The van der Waals surface area contributed by atoms with E-state index in [1.807, 2.05) is 12.1 Å². The highest BCUT2D eigenvalue weighted by Gasteiger charge is 2.18. The molecule has 0 spiro atoms. The second-order valence-electron chi connectivity index (χ2n) is 7.97. The summed E-state index contributed by atoms with van der Waals surface area (Å²) in [6, 6.07) is 29.7. The summed E-state index contributed by atoms with van der Waals surface area (Å²) in [5.41, 5.74) is 6.93. The molecule has 0 atom stereocenters. The van der Waals surface area contributed by atoms with Crippen molar-refractivity contribution in [3.63, 3.8) is 0 Å². The van der Waals surface area contributed by atoms with Gasteiger partial charge in [-0.25, -0.2) is 4.68 Å². The highest BCUT2D eigenvalue weighted by molar-refractivity contribution is 14.1. The third-order valence-corrected chi connectivity index (χ3v) is 5.75. The Morgan fingerprint density at radius 1 is 0.750 bits per heavy atom. The molecule has 28 heavy (non-hydrogen) atoms. The van der Waals surface area contributed by atoms with Crippen LogP contribution in [-0.4, -0.2) is 9.78 Å². The van der Waals surface area contributed by atoms with Gasteiger partial charge in [0.2, 0.25) is 0 Å². The van der Waals surface area contributed by atoms with Gasteiger partial charge < -0.3 is 0 Å². The summed E-state index contributed by atoms with van der Waals surface area (Å²) in [5, 5.41) is 4.99. The lowest BCUT2D eigenvalue weighted by molar-refractivity contribution is 0.589. The minimum Gasteiger partial charge on any atom is -0.231 e. The molecule has 0 radical (unpaired) electrons. The SMILES string of the molecule is CC(C)(C)c1ccc(-n2nc(-c3ccccc3)cc2-c2ccccc2)c(I)c1. The number of hydrogen-bond donors (Lipinski definition) is 0. The molecule has 4 aromatic rings. The fourth-order valence-corrected chi connectivity index (χ4v) is 4.02. The van der Waals surface area contributed by atoms with Crippen LogP contribution in [0.3, 0.4) is 0 Å². The first-order valence-electron chi connectivity index (χ1n) is 9.45. The monoisotopic (exact) mass is 478 g/mol. The van der Waals surface area contributed by atoms with Crippen LogP contribution >= 0.6 is 22.6 Å². The maximum Gasteiger partial charge on any atom is 0.0934 e. The van der Waals surface area contributed by atoms with E-state index in [-0.39, 0.29) is 5.41 Å². The fourth-order valence-electron chi connectivity index (χ4n) is 3.27. The summed E-state index contributed by atoms with van der Waals surface area (Å²) < 4.78 is 3.27. The van der Waals surface area contributed by atoms with Gasteiger partial charge in [0.05, 0.1) is 17.1 Å². The van der Waals surface area contributed by atoms with E-state index in [0.29, 0.717) is 0 Å². The van der Waals surface area contributed by atoms with Crippen molar-refractivity contribution < 1.29 is 0 Å². The Hall–Kier alpha value is -2.40. The topological polar surface area (TPSA) is 17.8 Å². The molecule has 4 rings (SSSR count). The van der Waals surface area contributed by atoms with E-state index in [2.05, 4.69) is 121 Å². The Morgan fingerprint density at radius 3 is 1.93 bits per heavy atom. The summed E-state index contributed by atoms with van der Waals surface area (Å²) in [7, 11) is 0. The first-order chi connectivity index (χ1) is 13.4. The average molecular weight is 478 g/mol. The van der Waals surface area contributed by atoms with E-state index in [1.54, 1.807) is 0 Å². The molecule has 0 aliphatic heterocycles. The van der Waals surface area contributed by atoms with E-state index in [0.717, 1.165) is 28.2 Å². The Bertz CT molecular complexity index is 1090. The molecule has 140 valence electrons. The van der Waals surface area contributed by atoms with Gasteiger partial charge in [-0.1, -0.05) is 87.5 Å². The first kappa shape index (κ1) is 18.9. The minimum absolute atomic E-state index is 0.125. The lowest BCUT2D eigenvalue weighted by Crippen LogP contribution is -2.12. The number of benzene rings is 3. The number of rotatable bonds is 3. The Labute approximate surface area is 180 Å². The maximum atomic E-state index is 4.99. The lowest BCUT2D eigenvalue weighted by atomic mass is 9.87. The molecule has 0 saturated heterocycles. The summed E-state index contributed by atoms with van der Waals surface area (Å²) in [6.45, 7) is 6.73. The van der Waals surface area contributed by atoms with Crippen LogP contribution in [0.1, 0.15) is 26.3 Å². The van der Waals surface area contributed by atoms with Crippen molar-refractivity contribution in [1.29, 1.82) is 0 Å². The molecule has 1 aromatic heterocycles. The third kappa shape index (κ3) is 3.76. The summed E-state index contributed by atoms with van der Waals surface area (Å²) >= 11 is 2.43. The van der Waals surface area contributed by atoms with Crippen molar-refractivity contribution in [3.8, 4) is 28.2 Å². The molecule has 1 heterocycles. The standard InChI is InChI=1S/C25H23IN2/c1-25(2,3)20-14-15-23(21(26)16-20)28-24(19-12-8-5-9-13-19)17-22(27-28)18-10-6-4-7-11-18/h4-17H,1-3H3. The average Bonchev–Trinajstić information content (AvgIpc) is 3.14. The molecule has 0 unspecified atom stereocenters. The highest BCUT2D eigenvalue weighted by Crippen LogP contribution is 2.32. The summed E-state index contributed by atoms with van der Waals surface area (Å²) in [5.74, 6) is 0. The van der Waals surface area contributed by atoms with Crippen molar-refractivity contribution in [2.75, 3.05) is 0 Å². The molecule has 0 aliphatic rings. The van der Waals surface area contributed by atoms with Gasteiger partial charge in [0.25, 0.3) is 0 Å². The first-order valence-corrected chi connectivity index (χ1v) is 10.5. The lowest BCUT2D eigenvalue weighted by Gasteiger charge is -2.20. The molecule has 0 N–H and O–H groups in total. The molecular weight excluding hydrogens is 455 g/mol. The second kappa shape index (κ2) is 7.55. The van der Waals surface area contributed by atoms with Crippen molar-refractivity contribution in [2.45, 2.75) is 26.2 Å². The minimum atomic E-state index is 0.125. The van der Waals surface area contributed by atoms with Gasteiger partial charge in [0.1, 0.15) is 0 Å². The fraction of sp³-hybridized carbons (Fsp3) is 0.160. The van der Waals surface area contributed by atoms with Gasteiger partial charge >= 0.3 is 0 Å². The van der Waals surface area contributed by atoms with E-state index in [9.17, 15) is 0 Å². The van der Waals surface area contributed by atoms with E-state index in [4.69, 9.17) is 5.10 Å². The third-order valence-electron chi connectivity index (χ3n) is 4.89. The number of aromatic nitrogens is 2. The van der Waals surface area contributed by atoms with Gasteiger partial charge in [0, 0.05) is 14.7 Å². The number of halogens is 1. The molecule has 0 bridgehead atoms. The molecule has 3 aromatic carbocycles.